The van der Waals surface area contributed by atoms with Crippen LogP contribution in [0.4, 0.5) is 27.6 Å². The molecule has 6 aliphatic carbocycles. The first kappa shape index (κ1) is 76.5. The van der Waals surface area contributed by atoms with Crippen LogP contribution in [0.5, 0.6) is 0 Å². The van der Waals surface area contributed by atoms with Crippen LogP contribution in [0.15, 0.2) is 146 Å². The number of carbonyl (C=O) groups is 6. The monoisotopic (exact) mass is 1480 g/mol. The molecule has 570 valence electrons. The normalized spacial score (nSPS) is 31.4. The Labute approximate surface area is 630 Å². The van der Waals surface area contributed by atoms with E-state index in [-0.39, 0.29) is 143 Å². The lowest BCUT2D eigenvalue weighted by molar-refractivity contribution is -0.145. The largest absolute Gasteiger partial charge is 0.462 e. The average Bonchev–Trinajstić information content (AvgIpc) is 1.54. The van der Waals surface area contributed by atoms with E-state index in [0.717, 1.165) is 128 Å². The highest BCUT2D eigenvalue weighted by Crippen LogP contribution is 2.57. The Balaban J connectivity index is 0.000000143. The molecule has 15 rings (SSSR count). The molecule has 3 aliphatic heterocycles. The summed E-state index contributed by atoms with van der Waals surface area (Å²) in [5, 5.41) is 9.00. The van der Waals surface area contributed by atoms with E-state index in [4.69, 9.17) is 28.4 Å². The van der Waals surface area contributed by atoms with E-state index in [1.165, 1.54) is 36.4 Å². The molecule has 3 amide bonds. The minimum Gasteiger partial charge on any atom is -0.462 e. The molecule has 21 heteroatoms. The van der Waals surface area contributed by atoms with E-state index in [2.05, 4.69) is 49.1 Å². The second kappa shape index (κ2) is 34.7. The van der Waals surface area contributed by atoms with Crippen LogP contribution in [0.2, 0.25) is 0 Å². The van der Waals surface area contributed by atoms with Gasteiger partial charge in [-0.3, -0.25) is 29.3 Å². The number of aromatic nitrogens is 3. The van der Waals surface area contributed by atoms with Crippen molar-refractivity contribution in [2.24, 2.45) is 88.8 Å². The number of cyclic esters (lactones) is 3. The molecule has 3 aromatic carbocycles. The van der Waals surface area contributed by atoms with E-state index in [1.54, 1.807) is 57.6 Å². The smallest absolute Gasteiger partial charge is 0.407 e. The number of benzene rings is 3. The summed E-state index contributed by atoms with van der Waals surface area (Å²) < 4.78 is 73.0. The molecule has 9 aliphatic rings. The van der Waals surface area contributed by atoms with Crippen molar-refractivity contribution < 1.29 is 70.4 Å². The lowest BCUT2D eigenvalue weighted by Gasteiger charge is -2.47. The standard InChI is InChI=1S/3C29H33FN2O4/c3*1-3-35-29(34)32-23-10-11-24-20(14-23)15-26-27(17(2)36-28(26)33)25(24)12-9-22-8-7-19(16-31-22)18-5-4-6-21(30)13-18/h3*4-9,12-13,16-17,20,23-27H,3,10-11,14-15H2,1-2H3,(H,32,34)/b3*12-9+/t17-,20+,23-,24+,25-,26-,27-;17-,20-,23+,24+,25-,26+,27-;17-,20-,23+,24-,25-,26-,27+/m011/s1. The van der Waals surface area contributed by atoms with Gasteiger partial charge in [-0.05, 0) is 261 Å². The molecule has 6 heterocycles. The summed E-state index contributed by atoms with van der Waals surface area (Å²) >= 11 is 0. The number of alkyl carbamates (subject to hydrolysis) is 3. The fraction of sp³-hybridized carbons (Fsp3) is 0.483. The fourth-order valence-corrected chi connectivity index (χ4v) is 19.9. The number of carbonyl (C=O) groups excluding carboxylic acids is 6. The Morgan fingerprint density at radius 2 is 0.694 bits per heavy atom. The summed E-state index contributed by atoms with van der Waals surface area (Å²) in [7, 11) is 0. The summed E-state index contributed by atoms with van der Waals surface area (Å²) in [6.45, 7) is 12.5. The minimum absolute atomic E-state index is 0.0679. The van der Waals surface area contributed by atoms with Gasteiger partial charge in [0.2, 0.25) is 0 Å². The third-order valence-corrected chi connectivity index (χ3v) is 24.5. The molecular weight excluding hydrogens is 1380 g/mol. The Morgan fingerprint density at radius 1 is 0.407 bits per heavy atom. The van der Waals surface area contributed by atoms with Crippen molar-refractivity contribution in [2.45, 2.75) is 155 Å². The molecule has 21 atom stereocenters. The van der Waals surface area contributed by atoms with Crippen molar-refractivity contribution >= 4 is 54.4 Å². The second-order valence-electron chi connectivity index (χ2n) is 30.8. The highest BCUT2D eigenvalue weighted by molar-refractivity contribution is 5.78. The number of esters is 3. The van der Waals surface area contributed by atoms with Gasteiger partial charge in [0, 0.05) is 71.2 Å². The van der Waals surface area contributed by atoms with Crippen molar-refractivity contribution in [3.8, 4) is 33.4 Å². The highest BCUT2D eigenvalue weighted by atomic mass is 19.1. The van der Waals surface area contributed by atoms with E-state index in [1.807, 2.05) is 93.6 Å². The molecule has 108 heavy (non-hydrogen) atoms. The number of amides is 3. The Morgan fingerprint density at radius 3 is 0.944 bits per heavy atom. The average molecular weight is 1480 g/mol. The van der Waals surface area contributed by atoms with Crippen LogP contribution >= 0.6 is 0 Å². The van der Waals surface area contributed by atoms with Crippen LogP contribution in [0, 0.1) is 106 Å². The van der Waals surface area contributed by atoms with Crippen LogP contribution in [0.1, 0.15) is 136 Å². The maximum absolute atomic E-state index is 13.6. The Bertz CT molecular complexity index is 3830. The molecule has 0 bridgehead atoms. The van der Waals surface area contributed by atoms with Gasteiger partial charge in [0.1, 0.15) is 35.8 Å². The van der Waals surface area contributed by atoms with Crippen molar-refractivity contribution in [3.63, 3.8) is 0 Å². The summed E-state index contributed by atoms with van der Waals surface area (Å²) in [6.07, 6.45) is 27.2. The fourth-order valence-electron chi connectivity index (χ4n) is 19.9. The van der Waals surface area contributed by atoms with Crippen LogP contribution < -0.4 is 16.0 Å². The van der Waals surface area contributed by atoms with Crippen molar-refractivity contribution in [2.75, 3.05) is 19.8 Å². The Hall–Kier alpha value is -9.66. The van der Waals surface area contributed by atoms with E-state index < -0.39 is 0 Å². The van der Waals surface area contributed by atoms with Gasteiger partial charge in [0.15, 0.2) is 0 Å². The van der Waals surface area contributed by atoms with E-state index >= 15 is 0 Å². The zero-order chi connectivity index (χ0) is 75.7. The number of hydrogen-bond acceptors (Lipinski definition) is 15. The van der Waals surface area contributed by atoms with Gasteiger partial charge in [-0.25, -0.2) is 27.6 Å². The third kappa shape index (κ3) is 17.9. The molecule has 0 unspecified atom stereocenters. The minimum atomic E-state index is -0.368. The van der Waals surface area contributed by atoms with Crippen LogP contribution in [-0.2, 0) is 42.8 Å². The molecule has 3 N–H and O–H groups in total. The molecule has 18 nitrogen and oxygen atoms in total. The van der Waals surface area contributed by atoms with Gasteiger partial charge in [0.25, 0.3) is 0 Å². The summed E-state index contributed by atoms with van der Waals surface area (Å²) in [4.78, 5) is 87.7. The topological polar surface area (TPSA) is 233 Å². The lowest BCUT2D eigenvalue weighted by Crippen LogP contribution is -2.48. The van der Waals surface area contributed by atoms with E-state index in [0.29, 0.717) is 55.3 Å². The zero-order valence-electron chi connectivity index (χ0n) is 62.2. The maximum Gasteiger partial charge on any atom is 0.407 e. The Kier molecular flexibility index (Phi) is 24.6. The molecule has 6 saturated carbocycles. The molecule has 3 aromatic heterocycles. The number of allylic oxidation sites excluding steroid dienone is 3. The second-order valence-corrected chi connectivity index (χ2v) is 30.8. The first-order valence-corrected chi connectivity index (χ1v) is 38.9. The molecule has 0 spiro atoms. The van der Waals surface area contributed by atoms with Gasteiger partial charge in [-0.15, -0.1) is 0 Å². The van der Waals surface area contributed by atoms with Gasteiger partial charge >= 0.3 is 36.2 Å². The number of hydrogen-bond donors (Lipinski definition) is 3. The van der Waals surface area contributed by atoms with Gasteiger partial charge < -0.3 is 44.4 Å². The van der Waals surface area contributed by atoms with Gasteiger partial charge in [-0.2, -0.15) is 0 Å². The molecule has 9 fully saturated rings. The number of halogens is 3. The predicted octanol–water partition coefficient (Wildman–Crippen LogP) is 16.9. The summed E-state index contributed by atoms with van der Waals surface area (Å²) in [6, 6.07) is 31.3. The van der Waals surface area contributed by atoms with Crippen molar-refractivity contribution in [1.29, 1.82) is 0 Å². The van der Waals surface area contributed by atoms with Crippen LogP contribution in [-0.4, -0.2) is 107 Å². The van der Waals surface area contributed by atoms with Gasteiger partial charge in [0.05, 0.1) is 54.7 Å². The first-order valence-electron chi connectivity index (χ1n) is 38.9. The number of rotatable bonds is 15. The number of fused-ring (bicyclic) bond motifs is 6. The zero-order valence-corrected chi connectivity index (χ0v) is 62.2. The third-order valence-electron chi connectivity index (χ3n) is 24.5. The quantitative estimate of drug-likeness (QED) is 0.0641. The molecular formula is C87H99F3N6O12. The maximum atomic E-state index is 13.6. The van der Waals surface area contributed by atoms with Gasteiger partial charge in [-0.1, -0.05) is 72.8 Å². The molecule has 0 radical (unpaired) electrons. The number of nitrogens with one attached hydrogen (secondary N) is 3. The predicted molar refractivity (Wildman–Crippen MR) is 402 cm³/mol. The lowest BCUT2D eigenvalue weighted by atomic mass is 9.57. The molecule has 6 aromatic rings. The highest BCUT2D eigenvalue weighted by Gasteiger charge is 2.58. The summed E-state index contributed by atoms with van der Waals surface area (Å²) in [5.74, 6) is 1.89. The van der Waals surface area contributed by atoms with E-state index in [9.17, 15) is 41.9 Å². The van der Waals surface area contributed by atoms with Crippen molar-refractivity contribution in [1.82, 2.24) is 30.9 Å². The SMILES string of the molecule is CCOC(=O)N[C@H]1CC[C@@H]2[C@H](C1)C[C@@H]1C(=O)O[C@@H](C)[C@H]1[C@H]2/C=C/c1ccc(-c2cccc(F)c2)cn1.CCOC(=O)N[C@H]1CC[C@@H]2[C@H](C1)C[C@H]1C(=O)O[C@H](C)[C@H]1[C@@H]2/C=C/c1ccc(-c2cccc(F)c2)cn1.CCOC(=O)N[C@H]1CC[C@H]2[C@H](C1)C[C@@H]1C(=O)O[C@H](C)[C@@H]1[C@@H]2/C=C/c1ccc(-c2cccc(F)c2)cn1. The van der Waals surface area contributed by atoms with Crippen LogP contribution in [0.3, 0.4) is 0 Å². The van der Waals surface area contributed by atoms with Crippen LogP contribution in [0.25, 0.3) is 51.6 Å². The number of nitrogens with zero attached hydrogens (tertiary/aromatic N) is 3. The summed E-state index contributed by atoms with van der Waals surface area (Å²) in [5.41, 5.74) is 7.43. The number of ether oxygens (including phenoxy) is 6. The first-order chi connectivity index (χ1) is 52.3. The molecule has 3 saturated heterocycles. The number of pyridine rings is 3. The van der Waals surface area contributed by atoms with Crippen molar-refractivity contribution in [3.05, 3.63) is 181 Å².